The van der Waals surface area contributed by atoms with Crippen LogP contribution in [0, 0.1) is 0 Å². The highest BCUT2D eigenvalue weighted by molar-refractivity contribution is 7.92. The third-order valence-electron chi connectivity index (χ3n) is 3.16. The van der Waals surface area contributed by atoms with E-state index in [9.17, 15) is 12.6 Å². The monoisotopic (exact) mass is 369 g/mol. The van der Waals surface area contributed by atoms with Crippen LogP contribution in [0.15, 0.2) is 62.9 Å². The zero-order valence-electron chi connectivity index (χ0n) is 11.9. The minimum Gasteiger partial charge on any atom is -0.443 e. The lowest BCUT2D eigenvalue weighted by atomic mass is 10.3. The van der Waals surface area contributed by atoms with Gasteiger partial charge in [0.15, 0.2) is 0 Å². The van der Waals surface area contributed by atoms with Crippen LogP contribution in [0.2, 0.25) is 5.02 Å². The standard InChI is InChI=1S/C15H12ClNO4S2/c1-22(18)14-7-6-11(16)9-12(14)17-23(19,20)15-8-10-4-2-3-5-13(10)21-15/h2-9,17H,1H3. The molecule has 0 aliphatic heterocycles. The molecule has 0 amide bonds. The van der Waals surface area contributed by atoms with Crippen molar-refractivity contribution in [1.82, 2.24) is 0 Å². The lowest BCUT2D eigenvalue weighted by Gasteiger charge is -2.10. The molecular formula is C15H12ClNO4S2. The predicted octanol–water partition coefficient (Wildman–Crippen LogP) is 3.62. The molecule has 1 N–H and O–H groups in total. The largest absolute Gasteiger partial charge is 0.443 e. The highest BCUT2D eigenvalue weighted by Gasteiger charge is 2.21. The summed E-state index contributed by atoms with van der Waals surface area (Å²) >= 11 is 5.90. The van der Waals surface area contributed by atoms with Crippen LogP contribution in [0.1, 0.15) is 0 Å². The van der Waals surface area contributed by atoms with Gasteiger partial charge in [0.2, 0.25) is 5.09 Å². The van der Waals surface area contributed by atoms with Crippen LogP contribution in [0.25, 0.3) is 11.0 Å². The lowest BCUT2D eigenvalue weighted by molar-refractivity contribution is 0.484. The van der Waals surface area contributed by atoms with Gasteiger partial charge in [-0.15, -0.1) is 0 Å². The number of para-hydroxylation sites is 1. The third kappa shape index (κ3) is 3.26. The van der Waals surface area contributed by atoms with Crippen molar-refractivity contribution in [2.75, 3.05) is 11.0 Å². The summed E-state index contributed by atoms with van der Waals surface area (Å²) in [5, 5.41) is 0.797. The molecule has 120 valence electrons. The Kier molecular flexibility index (Phi) is 4.18. The quantitative estimate of drug-likeness (QED) is 0.761. The van der Waals surface area contributed by atoms with E-state index in [1.165, 1.54) is 24.5 Å². The summed E-state index contributed by atoms with van der Waals surface area (Å²) < 4.78 is 44.5. The van der Waals surface area contributed by atoms with Crippen LogP contribution < -0.4 is 4.72 Å². The first kappa shape index (κ1) is 16.0. The first-order chi connectivity index (χ1) is 10.9. The number of benzene rings is 2. The Labute approximate surface area is 140 Å². The number of hydrogen-bond acceptors (Lipinski definition) is 4. The fraction of sp³-hybridized carbons (Fsp3) is 0.0667. The molecular weight excluding hydrogens is 358 g/mol. The van der Waals surface area contributed by atoms with Crippen molar-refractivity contribution in [3.8, 4) is 0 Å². The highest BCUT2D eigenvalue weighted by atomic mass is 35.5. The molecule has 3 rings (SSSR count). The third-order valence-corrected chi connectivity index (χ3v) is 5.59. The number of hydrogen-bond donors (Lipinski definition) is 1. The number of nitrogens with one attached hydrogen (secondary N) is 1. The Hall–Kier alpha value is -1.83. The van der Waals surface area contributed by atoms with Gasteiger partial charge in [-0.2, -0.15) is 8.42 Å². The summed E-state index contributed by atoms with van der Waals surface area (Å²) in [6.07, 6.45) is 1.46. The van der Waals surface area contributed by atoms with Gasteiger partial charge in [-0.25, -0.2) is 0 Å². The summed E-state index contributed by atoms with van der Waals surface area (Å²) in [6.45, 7) is 0. The molecule has 0 spiro atoms. The molecule has 1 atom stereocenters. The van der Waals surface area contributed by atoms with E-state index in [4.69, 9.17) is 16.0 Å². The fourth-order valence-corrected chi connectivity index (χ4v) is 4.07. The van der Waals surface area contributed by atoms with Crippen LogP contribution in [0.5, 0.6) is 0 Å². The Balaban J connectivity index is 2.04. The molecule has 1 heterocycles. The Bertz CT molecular complexity index is 978. The first-order valence-corrected chi connectivity index (χ1v) is 9.93. The van der Waals surface area contributed by atoms with Gasteiger partial charge in [0.05, 0.1) is 21.4 Å². The number of fused-ring (bicyclic) bond motifs is 1. The Morgan fingerprint density at radius 3 is 2.57 bits per heavy atom. The molecule has 5 nitrogen and oxygen atoms in total. The maximum Gasteiger partial charge on any atom is 0.295 e. The number of rotatable bonds is 4. The molecule has 0 radical (unpaired) electrons. The number of furan rings is 1. The predicted molar refractivity (Wildman–Crippen MR) is 90.8 cm³/mol. The number of anilines is 1. The fourth-order valence-electron chi connectivity index (χ4n) is 2.12. The van der Waals surface area contributed by atoms with E-state index in [2.05, 4.69) is 4.72 Å². The maximum absolute atomic E-state index is 12.5. The molecule has 23 heavy (non-hydrogen) atoms. The average Bonchev–Trinajstić information content (AvgIpc) is 2.91. The van der Waals surface area contributed by atoms with Gasteiger partial charge in [0.1, 0.15) is 5.58 Å². The van der Waals surface area contributed by atoms with Crippen LogP contribution in [-0.4, -0.2) is 18.9 Å². The summed E-state index contributed by atoms with van der Waals surface area (Å²) in [6, 6.07) is 12.9. The molecule has 1 aromatic heterocycles. The van der Waals surface area contributed by atoms with Gasteiger partial charge < -0.3 is 4.42 Å². The second-order valence-electron chi connectivity index (χ2n) is 4.80. The van der Waals surface area contributed by atoms with Gasteiger partial charge in [-0.05, 0) is 24.3 Å². The van der Waals surface area contributed by atoms with Crippen molar-refractivity contribution < 1.29 is 17.0 Å². The average molecular weight is 370 g/mol. The van der Waals surface area contributed by atoms with Crippen molar-refractivity contribution >= 4 is 49.1 Å². The maximum atomic E-state index is 12.5. The molecule has 3 aromatic rings. The van der Waals surface area contributed by atoms with E-state index in [0.717, 1.165) is 0 Å². The summed E-state index contributed by atoms with van der Waals surface area (Å²) in [4.78, 5) is 0.342. The topological polar surface area (TPSA) is 76.4 Å². The SMILES string of the molecule is CS(=O)c1ccc(Cl)cc1NS(=O)(=O)c1cc2ccccc2o1. The van der Waals surface area contributed by atoms with Crippen LogP contribution in [0.3, 0.4) is 0 Å². The molecule has 0 saturated heterocycles. The van der Waals surface area contributed by atoms with Crippen LogP contribution in [0.4, 0.5) is 5.69 Å². The van der Waals surface area contributed by atoms with E-state index < -0.39 is 20.8 Å². The number of halogens is 1. The summed E-state index contributed by atoms with van der Waals surface area (Å²) in [7, 11) is -5.33. The van der Waals surface area contributed by atoms with Crippen molar-refractivity contribution in [3.63, 3.8) is 0 Å². The van der Waals surface area contributed by atoms with Crippen LogP contribution in [-0.2, 0) is 20.8 Å². The second kappa shape index (κ2) is 5.99. The van der Waals surface area contributed by atoms with Gasteiger partial charge in [-0.3, -0.25) is 8.93 Å². The Morgan fingerprint density at radius 1 is 1.13 bits per heavy atom. The highest BCUT2D eigenvalue weighted by Crippen LogP contribution is 2.28. The van der Waals surface area contributed by atoms with E-state index in [1.807, 2.05) is 0 Å². The smallest absolute Gasteiger partial charge is 0.295 e. The molecule has 1 unspecified atom stereocenters. The summed E-state index contributed by atoms with van der Waals surface area (Å²) in [5.74, 6) is 0. The van der Waals surface area contributed by atoms with Gasteiger partial charge in [-0.1, -0.05) is 29.8 Å². The van der Waals surface area contributed by atoms with E-state index in [-0.39, 0.29) is 10.8 Å². The summed E-state index contributed by atoms with van der Waals surface area (Å²) in [5.41, 5.74) is 0.636. The molecule has 0 bridgehead atoms. The first-order valence-electron chi connectivity index (χ1n) is 6.51. The van der Waals surface area contributed by atoms with E-state index >= 15 is 0 Å². The minimum atomic E-state index is -3.96. The Morgan fingerprint density at radius 2 is 1.87 bits per heavy atom. The molecule has 2 aromatic carbocycles. The van der Waals surface area contributed by atoms with Crippen molar-refractivity contribution in [3.05, 3.63) is 53.6 Å². The molecule has 0 aliphatic rings. The normalized spacial score (nSPS) is 13.1. The minimum absolute atomic E-state index is 0.166. The molecule has 0 saturated carbocycles. The zero-order chi connectivity index (χ0) is 16.6. The molecule has 0 fully saturated rings. The van der Waals surface area contributed by atoms with E-state index in [1.54, 1.807) is 30.3 Å². The van der Waals surface area contributed by atoms with Crippen molar-refractivity contribution in [2.24, 2.45) is 0 Å². The van der Waals surface area contributed by atoms with E-state index in [0.29, 0.717) is 20.9 Å². The number of sulfonamides is 1. The van der Waals surface area contributed by atoms with Gasteiger partial charge in [0, 0.05) is 22.7 Å². The van der Waals surface area contributed by atoms with Gasteiger partial charge >= 0.3 is 0 Å². The van der Waals surface area contributed by atoms with Crippen molar-refractivity contribution in [2.45, 2.75) is 9.99 Å². The molecule has 8 heteroatoms. The molecule has 0 aliphatic carbocycles. The van der Waals surface area contributed by atoms with Gasteiger partial charge in [0.25, 0.3) is 10.0 Å². The zero-order valence-corrected chi connectivity index (χ0v) is 14.3. The van der Waals surface area contributed by atoms with Crippen molar-refractivity contribution in [1.29, 1.82) is 0 Å². The lowest BCUT2D eigenvalue weighted by Crippen LogP contribution is -2.13. The van der Waals surface area contributed by atoms with Crippen LogP contribution >= 0.6 is 11.6 Å². The second-order valence-corrected chi connectivity index (χ2v) is 8.20.